The molecular weight excluding hydrogens is 194 g/mol. The van der Waals surface area contributed by atoms with Gasteiger partial charge in [0.2, 0.25) is 0 Å². The first-order valence-electron chi connectivity index (χ1n) is 5.77. The third kappa shape index (κ3) is 4.62. The van der Waals surface area contributed by atoms with Crippen LogP contribution in [0.1, 0.15) is 33.1 Å². The molecule has 0 aromatic heterocycles. The Morgan fingerprint density at radius 2 is 2.47 bits per heavy atom. The quantitative estimate of drug-likeness (QED) is 0.532. The van der Waals surface area contributed by atoms with E-state index in [1.807, 2.05) is 6.92 Å². The van der Waals surface area contributed by atoms with Gasteiger partial charge in [-0.25, -0.2) is 4.79 Å². The third-order valence-corrected chi connectivity index (χ3v) is 2.37. The summed E-state index contributed by atoms with van der Waals surface area (Å²) in [4.78, 5) is 11.5. The van der Waals surface area contributed by atoms with E-state index in [0.717, 1.165) is 25.8 Å². The van der Waals surface area contributed by atoms with Crippen molar-refractivity contribution in [3.05, 3.63) is 0 Å². The number of esters is 1. The molecular formula is C11H21NO3. The fourth-order valence-corrected chi connectivity index (χ4v) is 1.56. The Balaban J connectivity index is 2.13. The minimum atomic E-state index is -0.321. The van der Waals surface area contributed by atoms with E-state index in [-0.39, 0.29) is 18.2 Å². The highest BCUT2D eigenvalue weighted by Crippen LogP contribution is 2.13. The first-order valence-corrected chi connectivity index (χ1v) is 5.77. The van der Waals surface area contributed by atoms with Gasteiger partial charge in [-0.05, 0) is 32.7 Å². The minimum Gasteiger partial charge on any atom is -0.459 e. The molecule has 1 heterocycles. The van der Waals surface area contributed by atoms with Crippen LogP contribution in [0.5, 0.6) is 0 Å². The SMILES string of the molecule is CCCNCC(C)OC(=O)C1CCCO1. The molecule has 0 aromatic carbocycles. The maximum Gasteiger partial charge on any atom is 0.335 e. The molecule has 1 saturated heterocycles. The van der Waals surface area contributed by atoms with Crippen LogP contribution in [0.2, 0.25) is 0 Å². The van der Waals surface area contributed by atoms with E-state index in [1.54, 1.807) is 0 Å². The standard InChI is InChI=1S/C11H21NO3/c1-3-6-12-8-9(2)15-11(13)10-5-4-7-14-10/h9-10,12H,3-8H2,1-2H3. The molecule has 0 amide bonds. The Bertz CT molecular complexity index is 190. The van der Waals surface area contributed by atoms with Crippen LogP contribution in [-0.4, -0.2) is 37.9 Å². The number of carbonyl (C=O) groups excluding carboxylic acids is 1. The van der Waals surface area contributed by atoms with Gasteiger partial charge in [-0.2, -0.15) is 0 Å². The molecule has 1 aliphatic rings. The van der Waals surface area contributed by atoms with Crippen molar-refractivity contribution in [2.45, 2.75) is 45.3 Å². The van der Waals surface area contributed by atoms with E-state index in [0.29, 0.717) is 13.2 Å². The second kappa shape index (κ2) is 6.80. The molecule has 4 heteroatoms. The van der Waals surface area contributed by atoms with E-state index in [2.05, 4.69) is 12.2 Å². The smallest absolute Gasteiger partial charge is 0.335 e. The molecule has 0 saturated carbocycles. The van der Waals surface area contributed by atoms with Crippen LogP contribution >= 0.6 is 0 Å². The van der Waals surface area contributed by atoms with Crippen LogP contribution < -0.4 is 5.32 Å². The lowest BCUT2D eigenvalue weighted by Gasteiger charge is -2.16. The van der Waals surface area contributed by atoms with Crippen molar-refractivity contribution in [3.8, 4) is 0 Å². The van der Waals surface area contributed by atoms with Crippen LogP contribution in [0, 0.1) is 0 Å². The molecule has 0 aromatic rings. The van der Waals surface area contributed by atoms with Crippen LogP contribution in [0.3, 0.4) is 0 Å². The summed E-state index contributed by atoms with van der Waals surface area (Å²) in [5, 5.41) is 3.21. The lowest BCUT2D eigenvalue weighted by molar-refractivity contribution is -0.158. The zero-order valence-corrected chi connectivity index (χ0v) is 9.62. The Morgan fingerprint density at radius 3 is 3.07 bits per heavy atom. The second-order valence-corrected chi connectivity index (χ2v) is 3.95. The summed E-state index contributed by atoms with van der Waals surface area (Å²) in [6, 6.07) is 0. The normalized spacial score (nSPS) is 22.7. The van der Waals surface area contributed by atoms with Crippen molar-refractivity contribution in [2.24, 2.45) is 0 Å². The van der Waals surface area contributed by atoms with Crippen LogP contribution in [0.4, 0.5) is 0 Å². The summed E-state index contributed by atoms with van der Waals surface area (Å²) in [5.74, 6) is -0.210. The second-order valence-electron chi connectivity index (χ2n) is 3.95. The largest absolute Gasteiger partial charge is 0.459 e. The average Bonchev–Trinajstić information content (AvgIpc) is 2.70. The minimum absolute atomic E-state index is 0.0757. The number of hydrogen-bond donors (Lipinski definition) is 1. The number of nitrogens with one attached hydrogen (secondary N) is 1. The Labute approximate surface area is 91.3 Å². The van der Waals surface area contributed by atoms with E-state index in [9.17, 15) is 4.79 Å². The van der Waals surface area contributed by atoms with Crippen LogP contribution in [0.25, 0.3) is 0 Å². The van der Waals surface area contributed by atoms with Crippen LogP contribution in [-0.2, 0) is 14.3 Å². The van der Waals surface area contributed by atoms with Gasteiger partial charge in [0, 0.05) is 13.2 Å². The van der Waals surface area contributed by atoms with Crippen molar-refractivity contribution >= 4 is 5.97 Å². The molecule has 1 N–H and O–H groups in total. The predicted molar refractivity (Wildman–Crippen MR) is 57.7 cm³/mol. The summed E-state index contributed by atoms with van der Waals surface area (Å²) < 4.78 is 10.5. The lowest BCUT2D eigenvalue weighted by atomic mass is 10.2. The molecule has 0 aliphatic carbocycles. The first-order chi connectivity index (χ1) is 7.24. The van der Waals surface area contributed by atoms with E-state index < -0.39 is 0 Å². The van der Waals surface area contributed by atoms with Gasteiger partial charge in [-0.3, -0.25) is 0 Å². The predicted octanol–water partition coefficient (Wildman–Crippen LogP) is 1.10. The fraction of sp³-hybridized carbons (Fsp3) is 0.909. The molecule has 15 heavy (non-hydrogen) atoms. The number of ether oxygens (including phenoxy) is 2. The maximum absolute atomic E-state index is 11.5. The third-order valence-electron chi connectivity index (χ3n) is 2.37. The summed E-state index contributed by atoms with van der Waals surface area (Å²) >= 11 is 0. The summed E-state index contributed by atoms with van der Waals surface area (Å²) in [6.45, 7) is 6.36. The summed E-state index contributed by atoms with van der Waals surface area (Å²) in [7, 11) is 0. The molecule has 88 valence electrons. The Kier molecular flexibility index (Phi) is 5.65. The monoisotopic (exact) mass is 215 g/mol. The van der Waals surface area contributed by atoms with Gasteiger partial charge in [0.15, 0.2) is 6.10 Å². The maximum atomic E-state index is 11.5. The molecule has 0 bridgehead atoms. The first kappa shape index (κ1) is 12.5. The van der Waals surface area contributed by atoms with Crippen molar-refractivity contribution in [1.82, 2.24) is 5.32 Å². The highest BCUT2D eigenvalue weighted by atomic mass is 16.6. The van der Waals surface area contributed by atoms with Gasteiger partial charge in [0.25, 0.3) is 0 Å². The Hall–Kier alpha value is -0.610. The zero-order valence-electron chi connectivity index (χ0n) is 9.62. The van der Waals surface area contributed by atoms with Crippen molar-refractivity contribution < 1.29 is 14.3 Å². The molecule has 4 nitrogen and oxygen atoms in total. The molecule has 2 atom stereocenters. The molecule has 0 radical (unpaired) electrons. The van der Waals surface area contributed by atoms with Crippen molar-refractivity contribution in [3.63, 3.8) is 0 Å². The average molecular weight is 215 g/mol. The van der Waals surface area contributed by atoms with Crippen molar-refractivity contribution in [2.75, 3.05) is 19.7 Å². The van der Waals surface area contributed by atoms with E-state index >= 15 is 0 Å². The van der Waals surface area contributed by atoms with Gasteiger partial charge in [-0.15, -0.1) is 0 Å². The molecule has 1 fully saturated rings. The van der Waals surface area contributed by atoms with Crippen molar-refractivity contribution in [1.29, 1.82) is 0 Å². The molecule has 1 rings (SSSR count). The lowest BCUT2D eigenvalue weighted by Crippen LogP contribution is -2.33. The number of hydrogen-bond acceptors (Lipinski definition) is 4. The number of rotatable bonds is 6. The highest BCUT2D eigenvalue weighted by Gasteiger charge is 2.26. The van der Waals surface area contributed by atoms with Gasteiger partial charge >= 0.3 is 5.97 Å². The molecule has 0 spiro atoms. The van der Waals surface area contributed by atoms with E-state index in [1.165, 1.54) is 0 Å². The molecule has 2 unspecified atom stereocenters. The Morgan fingerprint density at radius 1 is 1.67 bits per heavy atom. The number of carbonyl (C=O) groups is 1. The summed E-state index contributed by atoms with van der Waals surface area (Å²) in [6.07, 6.45) is 2.45. The fourth-order valence-electron chi connectivity index (χ4n) is 1.56. The van der Waals surface area contributed by atoms with E-state index in [4.69, 9.17) is 9.47 Å². The summed E-state index contributed by atoms with van der Waals surface area (Å²) in [5.41, 5.74) is 0. The van der Waals surface area contributed by atoms with Gasteiger partial charge in [-0.1, -0.05) is 6.92 Å². The topological polar surface area (TPSA) is 47.6 Å². The van der Waals surface area contributed by atoms with Gasteiger partial charge < -0.3 is 14.8 Å². The molecule has 1 aliphatic heterocycles. The van der Waals surface area contributed by atoms with Gasteiger partial charge in [0.05, 0.1) is 0 Å². The highest BCUT2D eigenvalue weighted by molar-refractivity contribution is 5.75. The van der Waals surface area contributed by atoms with Gasteiger partial charge in [0.1, 0.15) is 6.10 Å². The van der Waals surface area contributed by atoms with Crippen LogP contribution in [0.15, 0.2) is 0 Å². The zero-order chi connectivity index (χ0) is 11.1.